The molecule has 9 nitrogen and oxygen atoms in total. The zero-order chi connectivity index (χ0) is 24.5. The van der Waals surface area contributed by atoms with E-state index >= 15 is 0 Å². The molecular weight excluding hydrogens is 480 g/mol. The number of rotatable bonds is 6. The molecule has 11 heteroatoms. The highest BCUT2D eigenvalue weighted by molar-refractivity contribution is 7.89. The van der Waals surface area contributed by atoms with E-state index < -0.39 is 15.9 Å². The fraction of sp³-hybridized carbons (Fsp3) is 0.348. The van der Waals surface area contributed by atoms with Crippen LogP contribution in [0, 0.1) is 19.8 Å². The Morgan fingerprint density at radius 1 is 1.24 bits per heavy atom. The monoisotopic (exact) mass is 504 g/mol. The van der Waals surface area contributed by atoms with Crippen LogP contribution in [0.4, 0.5) is 5.69 Å². The highest BCUT2D eigenvalue weighted by Crippen LogP contribution is 2.32. The summed E-state index contributed by atoms with van der Waals surface area (Å²) in [5, 5.41) is 6.82. The Morgan fingerprint density at radius 2 is 2.03 bits per heavy atom. The van der Waals surface area contributed by atoms with Crippen molar-refractivity contribution in [3.05, 3.63) is 52.9 Å². The number of aromatic nitrogens is 2. The van der Waals surface area contributed by atoms with E-state index in [-0.39, 0.29) is 28.2 Å². The molecule has 0 spiro atoms. The minimum absolute atomic E-state index is 0.0458. The van der Waals surface area contributed by atoms with Gasteiger partial charge < -0.3 is 14.6 Å². The number of nitrogens with one attached hydrogen (secondary N) is 1. The van der Waals surface area contributed by atoms with E-state index in [9.17, 15) is 13.2 Å². The fourth-order valence-electron chi connectivity index (χ4n) is 3.92. The maximum Gasteiger partial charge on any atom is 0.244 e. The predicted molar refractivity (Wildman–Crippen MR) is 127 cm³/mol. The topological polar surface area (TPSA) is 115 Å². The van der Waals surface area contributed by atoms with Crippen molar-refractivity contribution in [1.82, 2.24) is 14.4 Å². The van der Waals surface area contributed by atoms with E-state index in [4.69, 9.17) is 20.9 Å². The standard InChI is InChI=1S/C23H25ClN4O5S/c1-14-6-9-20(32-3)19(11-14)26-23(29)17-5-4-10-28(13-17)34(30,31)21-12-16(7-8-18(21)24)22-25-15(2)33-27-22/h6-9,11-12,17H,4-5,10,13H2,1-3H3,(H,26,29)/t17-/m1/s1. The maximum absolute atomic E-state index is 13.5. The summed E-state index contributed by atoms with van der Waals surface area (Å²) in [5.41, 5.74) is 1.99. The molecule has 1 aromatic heterocycles. The van der Waals surface area contributed by atoms with E-state index in [2.05, 4.69) is 15.5 Å². The quantitative estimate of drug-likeness (QED) is 0.538. The number of nitrogens with zero attached hydrogens (tertiary/aromatic N) is 3. The number of carbonyl (C=O) groups is 1. The van der Waals surface area contributed by atoms with Gasteiger partial charge in [-0.05, 0) is 55.7 Å². The Hall–Kier alpha value is -2.95. The number of hydrogen-bond acceptors (Lipinski definition) is 7. The second-order valence-electron chi connectivity index (χ2n) is 8.18. The summed E-state index contributed by atoms with van der Waals surface area (Å²) < 4.78 is 38.6. The molecule has 1 fully saturated rings. The number of methoxy groups -OCH3 is 1. The summed E-state index contributed by atoms with van der Waals surface area (Å²) >= 11 is 6.28. The lowest BCUT2D eigenvalue weighted by Gasteiger charge is -2.31. The van der Waals surface area contributed by atoms with Crippen molar-refractivity contribution in [2.75, 3.05) is 25.5 Å². The van der Waals surface area contributed by atoms with Crippen molar-refractivity contribution in [2.24, 2.45) is 5.92 Å². The molecule has 1 aliphatic rings. The smallest absolute Gasteiger partial charge is 0.244 e. The number of carbonyl (C=O) groups excluding carboxylic acids is 1. The summed E-state index contributed by atoms with van der Waals surface area (Å²) in [6.45, 7) is 3.90. The number of ether oxygens (including phenoxy) is 1. The van der Waals surface area contributed by atoms with E-state index in [1.54, 1.807) is 19.1 Å². The van der Waals surface area contributed by atoms with Crippen molar-refractivity contribution in [3.63, 3.8) is 0 Å². The largest absolute Gasteiger partial charge is 0.495 e. The van der Waals surface area contributed by atoms with Gasteiger partial charge in [0, 0.05) is 25.6 Å². The van der Waals surface area contributed by atoms with Crippen LogP contribution in [0.1, 0.15) is 24.3 Å². The van der Waals surface area contributed by atoms with Gasteiger partial charge >= 0.3 is 0 Å². The lowest BCUT2D eigenvalue weighted by molar-refractivity contribution is -0.120. The lowest BCUT2D eigenvalue weighted by atomic mass is 9.98. The second-order valence-corrected chi connectivity index (χ2v) is 10.5. The number of anilines is 1. The number of sulfonamides is 1. The van der Waals surface area contributed by atoms with Crippen molar-refractivity contribution in [2.45, 2.75) is 31.6 Å². The third-order valence-electron chi connectivity index (χ3n) is 5.70. The Kier molecular flexibility index (Phi) is 6.92. The first-order chi connectivity index (χ1) is 16.2. The van der Waals surface area contributed by atoms with Crippen LogP contribution < -0.4 is 10.1 Å². The first kappa shape index (κ1) is 24.2. The molecule has 0 saturated carbocycles. The third kappa shape index (κ3) is 4.94. The van der Waals surface area contributed by atoms with Crippen LogP contribution in [0.15, 0.2) is 45.8 Å². The van der Waals surface area contributed by atoms with Crippen molar-refractivity contribution in [3.8, 4) is 17.1 Å². The predicted octanol–water partition coefficient (Wildman–Crippen LogP) is 4.05. The average molecular weight is 505 g/mol. The number of halogens is 1. The molecule has 2 aromatic carbocycles. The molecule has 1 saturated heterocycles. The number of piperidine rings is 1. The van der Waals surface area contributed by atoms with Crippen LogP contribution in [0.3, 0.4) is 0 Å². The van der Waals surface area contributed by atoms with E-state index in [0.717, 1.165) is 5.56 Å². The molecular formula is C23H25ClN4O5S. The van der Waals surface area contributed by atoms with Gasteiger partial charge in [0.2, 0.25) is 27.6 Å². The normalized spacial score (nSPS) is 16.9. The zero-order valence-corrected chi connectivity index (χ0v) is 20.6. The summed E-state index contributed by atoms with van der Waals surface area (Å²) in [5.74, 6) is 0.402. The highest BCUT2D eigenvalue weighted by atomic mass is 35.5. The highest BCUT2D eigenvalue weighted by Gasteiger charge is 2.35. The van der Waals surface area contributed by atoms with Crippen molar-refractivity contribution >= 4 is 33.2 Å². The summed E-state index contributed by atoms with van der Waals surface area (Å²) in [4.78, 5) is 17.1. The molecule has 34 heavy (non-hydrogen) atoms. The molecule has 0 aliphatic carbocycles. The SMILES string of the molecule is COc1ccc(C)cc1NC(=O)[C@@H]1CCCN(S(=O)(=O)c2cc(-c3noc(C)n3)ccc2Cl)C1. The Balaban J connectivity index is 1.56. The molecule has 0 radical (unpaired) electrons. The maximum atomic E-state index is 13.5. The van der Waals surface area contributed by atoms with Crippen LogP contribution in [0.25, 0.3) is 11.4 Å². The van der Waals surface area contributed by atoms with Gasteiger partial charge in [0.1, 0.15) is 10.6 Å². The van der Waals surface area contributed by atoms with E-state index in [1.807, 2.05) is 19.1 Å². The molecule has 2 heterocycles. The molecule has 4 rings (SSSR count). The number of hydrogen-bond donors (Lipinski definition) is 1. The van der Waals surface area contributed by atoms with Crippen LogP contribution in [0.5, 0.6) is 5.75 Å². The van der Waals surface area contributed by atoms with Gasteiger partial charge in [-0.15, -0.1) is 0 Å². The molecule has 0 bridgehead atoms. The van der Waals surface area contributed by atoms with Crippen LogP contribution in [-0.2, 0) is 14.8 Å². The van der Waals surface area contributed by atoms with E-state index in [0.29, 0.717) is 42.3 Å². The first-order valence-corrected chi connectivity index (χ1v) is 12.6. The minimum Gasteiger partial charge on any atom is -0.495 e. The van der Waals surface area contributed by atoms with Crippen LogP contribution in [-0.4, -0.2) is 49.0 Å². The van der Waals surface area contributed by atoms with Crippen LogP contribution in [0.2, 0.25) is 5.02 Å². The lowest BCUT2D eigenvalue weighted by Crippen LogP contribution is -2.43. The molecule has 3 aromatic rings. The van der Waals surface area contributed by atoms with Gasteiger partial charge in [-0.1, -0.05) is 22.8 Å². The Morgan fingerprint density at radius 3 is 2.74 bits per heavy atom. The van der Waals surface area contributed by atoms with Gasteiger partial charge in [-0.2, -0.15) is 9.29 Å². The Bertz CT molecular complexity index is 1320. The second kappa shape index (κ2) is 9.73. The Labute approximate surface area is 203 Å². The number of benzene rings is 2. The van der Waals surface area contributed by atoms with Crippen molar-refractivity contribution < 1.29 is 22.5 Å². The zero-order valence-electron chi connectivity index (χ0n) is 19.0. The molecule has 1 amide bonds. The number of amides is 1. The van der Waals surface area contributed by atoms with Gasteiger partial charge in [-0.3, -0.25) is 4.79 Å². The number of aryl methyl sites for hydroxylation is 2. The summed E-state index contributed by atoms with van der Waals surface area (Å²) in [6.07, 6.45) is 1.12. The van der Waals surface area contributed by atoms with Crippen LogP contribution >= 0.6 is 11.6 Å². The molecule has 0 unspecified atom stereocenters. The molecule has 1 N–H and O–H groups in total. The molecule has 1 atom stereocenters. The first-order valence-electron chi connectivity index (χ1n) is 10.7. The van der Waals surface area contributed by atoms with Gasteiger partial charge in [0.25, 0.3) is 0 Å². The van der Waals surface area contributed by atoms with Gasteiger partial charge in [-0.25, -0.2) is 8.42 Å². The van der Waals surface area contributed by atoms with E-state index in [1.165, 1.54) is 23.5 Å². The fourth-order valence-corrected chi connectivity index (χ4v) is 5.95. The third-order valence-corrected chi connectivity index (χ3v) is 8.05. The van der Waals surface area contributed by atoms with Gasteiger partial charge in [0.15, 0.2) is 0 Å². The summed E-state index contributed by atoms with van der Waals surface area (Å²) in [7, 11) is -2.43. The average Bonchev–Trinajstić information content (AvgIpc) is 3.25. The van der Waals surface area contributed by atoms with Gasteiger partial charge in [0.05, 0.1) is 23.7 Å². The van der Waals surface area contributed by atoms with Crippen molar-refractivity contribution in [1.29, 1.82) is 0 Å². The minimum atomic E-state index is -3.96. The summed E-state index contributed by atoms with van der Waals surface area (Å²) in [6, 6.07) is 10.0. The molecule has 1 aliphatic heterocycles. The molecule has 180 valence electrons.